The van der Waals surface area contributed by atoms with Crippen LogP contribution in [0.15, 0.2) is 76.5 Å². The molecule has 1 unspecified atom stereocenters. The molecule has 5 nitrogen and oxygen atoms in total. The molecule has 3 aromatic carbocycles. The second-order valence-electron chi connectivity index (χ2n) is 9.91. The van der Waals surface area contributed by atoms with E-state index in [0.717, 1.165) is 29.3 Å². The molecule has 0 aliphatic carbocycles. The van der Waals surface area contributed by atoms with Gasteiger partial charge in [-0.15, -0.1) is 0 Å². The molecule has 3 aromatic rings. The highest BCUT2D eigenvalue weighted by Gasteiger charge is 2.32. The normalized spacial score (nSPS) is 18.9. The number of aryl methyl sites for hydroxylation is 1. The lowest BCUT2D eigenvalue weighted by atomic mass is 10.1. The first-order valence-corrected chi connectivity index (χ1v) is 13.4. The van der Waals surface area contributed by atoms with Gasteiger partial charge in [0.1, 0.15) is 0 Å². The van der Waals surface area contributed by atoms with Gasteiger partial charge < -0.3 is 14.7 Å². The molecule has 39 heavy (non-hydrogen) atoms. The number of alkyl halides is 3. The van der Waals surface area contributed by atoms with Crippen molar-refractivity contribution in [2.24, 2.45) is 0 Å². The van der Waals surface area contributed by atoms with E-state index in [1.165, 1.54) is 34.4 Å². The molecule has 9 heteroatoms. The Labute approximate surface area is 229 Å². The fourth-order valence-corrected chi connectivity index (χ4v) is 6.05. The minimum Gasteiger partial charge on any atom is -0.365 e. The van der Waals surface area contributed by atoms with E-state index < -0.39 is 11.7 Å². The van der Waals surface area contributed by atoms with E-state index in [0.29, 0.717) is 34.8 Å². The average Bonchev–Trinajstić information content (AvgIpc) is 2.91. The van der Waals surface area contributed by atoms with Gasteiger partial charge in [-0.1, -0.05) is 36.0 Å². The molecule has 2 aliphatic heterocycles. The summed E-state index contributed by atoms with van der Waals surface area (Å²) in [4.78, 5) is 33.4. The predicted molar refractivity (Wildman–Crippen MR) is 149 cm³/mol. The van der Waals surface area contributed by atoms with Crippen LogP contribution in [0.2, 0.25) is 0 Å². The van der Waals surface area contributed by atoms with Crippen LogP contribution in [-0.4, -0.2) is 49.4 Å². The number of hydrogen-bond donors (Lipinski definition) is 0. The third-order valence-electron chi connectivity index (χ3n) is 7.09. The minimum absolute atomic E-state index is 0.0783. The number of amides is 2. The maximum atomic E-state index is 13.4. The maximum Gasteiger partial charge on any atom is 0.416 e. The molecule has 0 saturated carbocycles. The van der Waals surface area contributed by atoms with Crippen LogP contribution in [-0.2, 0) is 11.0 Å². The summed E-state index contributed by atoms with van der Waals surface area (Å²) in [5.74, 6) is -0.358. The Morgan fingerprint density at radius 2 is 1.77 bits per heavy atom. The number of rotatable bonds is 3. The zero-order valence-corrected chi connectivity index (χ0v) is 22.6. The maximum absolute atomic E-state index is 13.4. The number of thioether (sulfide) groups is 1. The number of fused-ring (bicyclic) bond motifs is 1. The summed E-state index contributed by atoms with van der Waals surface area (Å²) < 4.78 is 38.6. The lowest BCUT2D eigenvalue weighted by Crippen LogP contribution is -2.53. The molecule has 0 aromatic heterocycles. The Morgan fingerprint density at radius 3 is 2.44 bits per heavy atom. The van der Waals surface area contributed by atoms with Gasteiger partial charge in [0.15, 0.2) is 0 Å². The molecule has 1 fully saturated rings. The molecule has 0 spiro atoms. The van der Waals surface area contributed by atoms with Crippen molar-refractivity contribution in [3.05, 3.63) is 93.9 Å². The molecule has 0 bridgehead atoms. The number of carbonyl (C=O) groups is 2. The number of likely N-dealkylation sites (N-methyl/N-ethyl adjacent to an activating group) is 1. The Hall–Kier alpha value is -3.72. The zero-order chi connectivity index (χ0) is 27.9. The molecule has 0 N–H and O–H groups in total. The smallest absolute Gasteiger partial charge is 0.365 e. The quantitative estimate of drug-likeness (QED) is 0.350. The minimum atomic E-state index is -4.41. The fraction of sp³-hybridized carbons (Fsp3) is 0.267. The monoisotopic (exact) mass is 551 g/mol. The predicted octanol–water partition coefficient (Wildman–Crippen LogP) is 6.47. The van der Waals surface area contributed by atoms with Gasteiger partial charge in [0.2, 0.25) is 0 Å². The van der Waals surface area contributed by atoms with Crippen LogP contribution in [0.4, 0.5) is 24.5 Å². The Balaban J connectivity index is 1.31. The number of anilines is 2. The number of carbonyl (C=O) groups excluding carboxylic acids is 2. The summed E-state index contributed by atoms with van der Waals surface area (Å²) >= 11 is 1.24. The average molecular weight is 552 g/mol. The molecule has 5 rings (SSSR count). The summed E-state index contributed by atoms with van der Waals surface area (Å²) in [6, 6.07) is 18.5. The van der Waals surface area contributed by atoms with Gasteiger partial charge in [-0.2, -0.15) is 13.2 Å². The molecule has 202 valence electrons. The fourth-order valence-electron chi connectivity index (χ4n) is 4.96. The van der Waals surface area contributed by atoms with Crippen LogP contribution >= 0.6 is 11.8 Å². The molecular weight excluding hydrogens is 523 g/mol. The highest BCUT2D eigenvalue weighted by molar-refractivity contribution is 8.04. The van der Waals surface area contributed by atoms with Crippen molar-refractivity contribution in [3.63, 3.8) is 0 Å². The van der Waals surface area contributed by atoms with E-state index in [4.69, 9.17) is 0 Å². The largest absolute Gasteiger partial charge is 0.416 e. The van der Waals surface area contributed by atoms with Crippen LogP contribution in [0.1, 0.15) is 34.0 Å². The van der Waals surface area contributed by atoms with E-state index in [1.807, 2.05) is 17.0 Å². The van der Waals surface area contributed by atoms with Crippen molar-refractivity contribution in [2.75, 3.05) is 36.5 Å². The topological polar surface area (TPSA) is 43.9 Å². The van der Waals surface area contributed by atoms with Gasteiger partial charge in [-0.3, -0.25) is 9.59 Å². The number of hydrogen-bond acceptors (Lipinski definition) is 4. The van der Waals surface area contributed by atoms with Crippen LogP contribution in [0.5, 0.6) is 0 Å². The summed E-state index contributed by atoms with van der Waals surface area (Å²) in [6.07, 6.45) is -2.83. The van der Waals surface area contributed by atoms with E-state index in [9.17, 15) is 22.8 Å². The number of halogens is 3. The third kappa shape index (κ3) is 5.54. The van der Waals surface area contributed by atoms with Crippen LogP contribution < -0.4 is 9.80 Å². The summed E-state index contributed by atoms with van der Waals surface area (Å²) in [6.45, 7) is 6.10. The van der Waals surface area contributed by atoms with Gasteiger partial charge >= 0.3 is 6.18 Å². The molecule has 0 radical (unpaired) electrons. The van der Waals surface area contributed by atoms with E-state index in [-0.39, 0.29) is 17.9 Å². The number of nitrogens with zero attached hydrogens (tertiary/aromatic N) is 3. The van der Waals surface area contributed by atoms with Crippen LogP contribution in [0, 0.1) is 6.92 Å². The lowest BCUT2D eigenvalue weighted by molar-refractivity contribution is -0.137. The van der Waals surface area contributed by atoms with Gasteiger partial charge in [-0.05, 0) is 73.5 Å². The molecule has 1 atom stereocenters. The molecule has 2 heterocycles. The number of piperazine rings is 1. The second kappa shape index (κ2) is 10.4. The lowest BCUT2D eigenvalue weighted by Gasteiger charge is -2.41. The van der Waals surface area contributed by atoms with E-state index in [1.54, 1.807) is 25.3 Å². The van der Waals surface area contributed by atoms with Crippen molar-refractivity contribution >= 4 is 41.0 Å². The Bertz CT molecular complexity index is 1450. The molecular formula is C30H28F3N3O2S. The van der Waals surface area contributed by atoms with Crippen molar-refractivity contribution in [2.45, 2.75) is 31.0 Å². The van der Waals surface area contributed by atoms with Crippen molar-refractivity contribution in [3.8, 4) is 0 Å². The highest BCUT2D eigenvalue weighted by atomic mass is 32.2. The summed E-state index contributed by atoms with van der Waals surface area (Å²) in [5, 5.41) is 0. The standard InChI is InChI=1S/C30H28F3N3O2S/c1-19-5-4-6-24(15-19)36-14-13-35(18-20(36)2)28(37)22-9-12-26-25(17-22)34(3)29(38)27(39-26)16-21-7-10-23(11-8-21)30(31,32)33/h4-12,15-17,20H,13-14,18H2,1-3H3. The van der Waals surface area contributed by atoms with Crippen molar-refractivity contribution in [1.82, 2.24) is 4.90 Å². The van der Waals surface area contributed by atoms with Crippen LogP contribution in [0.3, 0.4) is 0 Å². The summed E-state index contributed by atoms with van der Waals surface area (Å²) in [7, 11) is 1.64. The van der Waals surface area contributed by atoms with Crippen LogP contribution in [0.25, 0.3) is 6.08 Å². The van der Waals surface area contributed by atoms with Crippen molar-refractivity contribution < 1.29 is 22.8 Å². The Morgan fingerprint density at radius 1 is 1.03 bits per heavy atom. The molecule has 2 aliphatic rings. The third-order valence-corrected chi connectivity index (χ3v) is 8.16. The molecule has 1 saturated heterocycles. The SMILES string of the molecule is Cc1cccc(N2CCN(C(=O)c3ccc4c(c3)N(C)C(=O)C(=Cc3ccc(C(F)(F)F)cc3)S4)CC2C)c1. The Kier molecular flexibility index (Phi) is 7.20. The van der Waals surface area contributed by atoms with E-state index in [2.05, 4.69) is 36.9 Å². The van der Waals surface area contributed by atoms with Gasteiger partial charge in [0.05, 0.1) is 16.2 Å². The zero-order valence-electron chi connectivity index (χ0n) is 21.8. The first-order valence-electron chi connectivity index (χ1n) is 12.6. The van der Waals surface area contributed by atoms with Gasteiger partial charge in [0, 0.05) is 48.9 Å². The van der Waals surface area contributed by atoms with E-state index >= 15 is 0 Å². The van der Waals surface area contributed by atoms with Crippen molar-refractivity contribution in [1.29, 1.82) is 0 Å². The summed E-state index contributed by atoms with van der Waals surface area (Å²) in [5.41, 5.74) is 3.26. The first-order chi connectivity index (χ1) is 18.5. The van der Waals surface area contributed by atoms with Gasteiger partial charge in [0.25, 0.3) is 11.8 Å². The first kappa shape index (κ1) is 26.9. The second-order valence-corrected chi connectivity index (χ2v) is 11.0. The van der Waals surface area contributed by atoms with Gasteiger partial charge in [-0.25, -0.2) is 0 Å². The number of benzene rings is 3. The molecule has 2 amide bonds. The highest BCUT2D eigenvalue weighted by Crippen LogP contribution is 2.42.